The van der Waals surface area contributed by atoms with Gasteiger partial charge in [0.05, 0.1) is 23.0 Å². The molecule has 2 aromatic carbocycles. The van der Waals surface area contributed by atoms with E-state index in [4.69, 9.17) is 9.97 Å². The number of nitrogens with one attached hydrogen (secondary N) is 2. The van der Waals surface area contributed by atoms with Gasteiger partial charge in [-0.1, -0.05) is 18.6 Å². The van der Waals surface area contributed by atoms with Crippen LogP contribution in [0.5, 0.6) is 0 Å². The molecule has 3 N–H and O–H groups in total. The van der Waals surface area contributed by atoms with E-state index in [9.17, 15) is 14.7 Å². The Balaban J connectivity index is 1.11. The molecule has 5 aliphatic rings. The molecule has 53 heavy (non-hydrogen) atoms. The fraction of sp³-hybridized carbons (Fsp3) is 0.524. The summed E-state index contributed by atoms with van der Waals surface area (Å²) >= 11 is 0. The summed E-state index contributed by atoms with van der Waals surface area (Å²) in [6.07, 6.45) is 10.5. The molecule has 1 unspecified atom stereocenters. The number of nitrogens with zero attached hydrogens (tertiary/aromatic N) is 6. The zero-order chi connectivity index (χ0) is 36.6. The minimum absolute atomic E-state index is 0.0753. The number of amides is 2. The van der Waals surface area contributed by atoms with Crippen molar-refractivity contribution in [3.63, 3.8) is 0 Å². The summed E-state index contributed by atoms with van der Waals surface area (Å²) in [5.41, 5.74) is 8.87. The first-order chi connectivity index (χ1) is 25.6. The van der Waals surface area contributed by atoms with Gasteiger partial charge in [0.1, 0.15) is 11.7 Å². The summed E-state index contributed by atoms with van der Waals surface area (Å²) < 4.78 is 2.24. The number of piperidine rings is 2. The van der Waals surface area contributed by atoms with Crippen molar-refractivity contribution >= 4 is 40.0 Å². The van der Waals surface area contributed by atoms with E-state index in [1.165, 1.54) is 19.3 Å². The number of rotatable bonds is 8. The van der Waals surface area contributed by atoms with Gasteiger partial charge in [0.25, 0.3) is 0 Å². The van der Waals surface area contributed by atoms with Gasteiger partial charge in [-0.05, 0) is 126 Å². The third-order valence-corrected chi connectivity index (χ3v) is 13.2. The number of hydrogen-bond donors (Lipinski definition) is 3. The number of fused-ring (bicyclic) bond motifs is 3. The molecule has 2 amide bonds. The first-order valence-electron chi connectivity index (χ1n) is 19.7. The largest absolute Gasteiger partial charge is 0.374 e. The van der Waals surface area contributed by atoms with E-state index in [-0.39, 0.29) is 17.9 Å². The number of aryl methyl sites for hydroxylation is 1. The van der Waals surface area contributed by atoms with Crippen molar-refractivity contribution < 1.29 is 14.7 Å². The minimum atomic E-state index is -0.785. The Kier molecular flexibility index (Phi) is 8.59. The van der Waals surface area contributed by atoms with Crippen LogP contribution in [-0.4, -0.2) is 86.6 Å². The molecule has 2 saturated carbocycles. The normalized spacial score (nSPS) is 23.4. The van der Waals surface area contributed by atoms with E-state index in [2.05, 4.69) is 62.3 Å². The summed E-state index contributed by atoms with van der Waals surface area (Å²) in [7, 11) is 1.75. The summed E-state index contributed by atoms with van der Waals surface area (Å²) in [6.45, 7) is 9.24. The third-order valence-electron chi connectivity index (χ3n) is 13.2. The topological polar surface area (TPSA) is 119 Å². The molecule has 2 saturated heterocycles. The highest BCUT2D eigenvalue weighted by atomic mass is 16.3. The number of imidazole rings is 1. The van der Waals surface area contributed by atoms with Crippen LogP contribution in [0, 0.1) is 13.8 Å². The van der Waals surface area contributed by atoms with E-state index >= 15 is 0 Å². The van der Waals surface area contributed by atoms with Gasteiger partial charge in [-0.25, -0.2) is 9.97 Å². The Labute approximate surface area is 311 Å². The number of aromatic nitrogens is 3. The number of anilines is 3. The Bertz CT molecular complexity index is 2090. The number of pyridine rings is 1. The lowest BCUT2D eigenvalue weighted by atomic mass is 9.73. The summed E-state index contributed by atoms with van der Waals surface area (Å²) in [6, 6.07) is 13.8. The molecular formula is C42H52N8O3. The average Bonchev–Trinajstić information content (AvgIpc) is 3.87. The quantitative estimate of drug-likeness (QED) is 0.183. The molecule has 9 rings (SSSR count). The van der Waals surface area contributed by atoms with E-state index < -0.39 is 11.6 Å². The van der Waals surface area contributed by atoms with Crippen molar-refractivity contribution in [3.8, 4) is 11.3 Å². The predicted octanol–water partition coefficient (Wildman–Crippen LogP) is 6.25. The van der Waals surface area contributed by atoms with Crippen LogP contribution in [0.25, 0.3) is 22.3 Å². The van der Waals surface area contributed by atoms with Crippen LogP contribution in [0.2, 0.25) is 0 Å². The van der Waals surface area contributed by atoms with Crippen molar-refractivity contribution in [2.45, 2.75) is 108 Å². The average molecular weight is 717 g/mol. The smallest absolute Gasteiger partial charge is 0.238 e. The lowest BCUT2D eigenvalue weighted by Gasteiger charge is -2.48. The second-order valence-corrected chi connectivity index (χ2v) is 16.3. The van der Waals surface area contributed by atoms with Crippen LogP contribution >= 0.6 is 0 Å². The molecule has 11 nitrogen and oxygen atoms in total. The SMILES string of the molecule is CNC(O)c1cc(Nc2nc(-c3ccc4c(c3)N(C3CC(N5CCCCC5)C3)C(=O)C43CCN(C(C)=O)CC3)cc3ncn(C4CC4)c23)cc(C)c1C. The van der Waals surface area contributed by atoms with Crippen molar-refractivity contribution in [3.05, 3.63) is 65.0 Å². The van der Waals surface area contributed by atoms with Crippen molar-refractivity contribution in [1.82, 2.24) is 29.7 Å². The van der Waals surface area contributed by atoms with Crippen molar-refractivity contribution in [1.29, 1.82) is 0 Å². The van der Waals surface area contributed by atoms with Crippen LogP contribution < -0.4 is 15.5 Å². The van der Waals surface area contributed by atoms with Crippen molar-refractivity contribution in [2.75, 3.05) is 43.4 Å². The molecule has 5 heterocycles. The maximum Gasteiger partial charge on any atom is 0.238 e. The Hall–Kier alpha value is -4.32. The number of carbonyl (C=O) groups is 2. The standard InChI is InChI=1S/C42H52N8O3/c1-25-18-29(20-33(26(25)2)40(52)43-4)45-39-38-36(44-24-49(38)30-9-10-30)23-35(46-39)28-8-11-34-37(19-28)50(32-21-31(22-32)48-14-6-5-7-15-48)41(53)42(34)12-16-47(17-13-42)27(3)51/h8,11,18-20,23-24,30-32,40,43,52H,5-7,9-10,12-17,21-22H2,1-4H3,(H,45,46). The van der Waals surface area contributed by atoms with Crippen LogP contribution in [0.15, 0.2) is 42.7 Å². The molecule has 1 atom stereocenters. The zero-order valence-corrected chi connectivity index (χ0v) is 31.5. The lowest BCUT2D eigenvalue weighted by molar-refractivity contribution is -0.134. The minimum Gasteiger partial charge on any atom is -0.374 e. The van der Waals surface area contributed by atoms with E-state index in [0.717, 1.165) is 101 Å². The maximum atomic E-state index is 14.8. The van der Waals surface area contributed by atoms with Gasteiger partial charge >= 0.3 is 0 Å². The fourth-order valence-electron chi connectivity index (χ4n) is 9.61. The molecule has 0 bridgehead atoms. The highest BCUT2D eigenvalue weighted by Crippen LogP contribution is 2.52. The van der Waals surface area contributed by atoms with Gasteiger partial charge < -0.3 is 29.7 Å². The molecule has 4 aromatic rings. The monoisotopic (exact) mass is 716 g/mol. The van der Waals surface area contributed by atoms with Crippen molar-refractivity contribution in [2.24, 2.45) is 0 Å². The Morgan fingerprint density at radius 3 is 2.42 bits per heavy atom. The van der Waals surface area contributed by atoms with Gasteiger partial charge in [0, 0.05) is 60.6 Å². The second kappa shape index (κ2) is 13.2. The molecule has 0 radical (unpaired) electrons. The molecule has 11 heteroatoms. The first-order valence-corrected chi connectivity index (χ1v) is 19.7. The van der Waals surface area contributed by atoms with Gasteiger partial charge in [-0.3, -0.25) is 14.9 Å². The predicted molar refractivity (Wildman–Crippen MR) is 207 cm³/mol. The number of aliphatic hydroxyl groups is 1. The van der Waals surface area contributed by atoms with Gasteiger partial charge in [0.2, 0.25) is 11.8 Å². The van der Waals surface area contributed by atoms with Crippen LogP contribution in [0.3, 0.4) is 0 Å². The highest BCUT2D eigenvalue weighted by molar-refractivity contribution is 6.09. The molecule has 278 valence electrons. The molecule has 1 spiro atoms. The number of hydrogen-bond acceptors (Lipinski definition) is 8. The molecular weight excluding hydrogens is 665 g/mol. The summed E-state index contributed by atoms with van der Waals surface area (Å²) in [5, 5.41) is 17.4. The number of aliphatic hydroxyl groups excluding tert-OH is 1. The van der Waals surface area contributed by atoms with E-state index in [1.54, 1.807) is 14.0 Å². The van der Waals surface area contributed by atoms with Crippen LogP contribution in [-0.2, 0) is 15.0 Å². The van der Waals surface area contributed by atoms with Gasteiger partial charge in [-0.15, -0.1) is 0 Å². The van der Waals surface area contributed by atoms with Crippen LogP contribution in [0.1, 0.15) is 99.2 Å². The highest BCUT2D eigenvalue weighted by Gasteiger charge is 2.55. The Morgan fingerprint density at radius 2 is 1.72 bits per heavy atom. The molecule has 2 aromatic heterocycles. The van der Waals surface area contributed by atoms with Gasteiger partial charge in [-0.2, -0.15) is 0 Å². The van der Waals surface area contributed by atoms with E-state index in [1.807, 2.05) is 24.2 Å². The lowest BCUT2D eigenvalue weighted by Crippen LogP contribution is -2.58. The molecule has 2 aliphatic carbocycles. The third kappa shape index (κ3) is 5.83. The second-order valence-electron chi connectivity index (χ2n) is 16.3. The number of benzene rings is 2. The van der Waals surface area contributed by atoms with Gasteiger partial charge in [0.15, 0.2) is 5.82 Å². The number of carbonyl (C=O) groups excluding carboxylic acids is 2. The fourth-order valence-corrected chi connectivity index (χ4v) is 9.61. The van der Waals surface area contributed by atoms with E-state index in [0.29, 0.717) is 38.0 Å². The maximum absolute atomic E-state index is 14.8. The Morgan fingerprint density at radius 1 is 0.962 bits per heavy atom. The molecule has 3 aliphatic heterocycles. The summed E-state index contributed by atoms with van der Waals surface area (Å²) in [4.78, 5) is 44.0. The first kappa shape index (κ1) is 34.4. The number of likely N-dealkylation sites (tertiary alicyclic amines) is 2. The molecule has 4 fully saturated rings. The van der Waals surface area contributed by atoms with Crippen LogP contribution in [0.4, 0.5) is 17.2 Å². The zero-order valence-electron chi connectivity index (χ0n) is 31.5. The summed E-state index contributed by atoms with van der Waals surface area (Å²) in [5.74, 6) is 1.00.